The summed E-state index contributed by atoms with van der Waals surface area (Å²) in [6, 6.07) is 12.6. The number of nitrogens with zero attached hydrogens (tertiary/aromatic N) is 3. The average molecular weight is 500 g/mol. The van der Waals surface area contributed by atoms with Gasteiger partial charge >= 0.3 is 0 Å². The zero-order chi connectivity index (χ0) is 25.4. The molecule has 10 heteroatoms. The lowest BCUT2D eigenvalue weighted by Gasteiger charge is -2.13. The van der Waals surface area contributed by atoms with Crippen LogP contribution in [0.25, 0.3) is 10.9 Å². The standard InChI is InChI=1S/C24H25N3O5S2/c1-16-6-8-21(9-7-16)34(31,32)27-22-12-19(15-33(5,29)30)17(2)10-18(22)11-23(27)24(28)20(13-25)14-26(3)4/h6-12,14H,15H2,1-5H3. The molecule has 0 N–H and O–H groups in total. The first-order valence-electron chi connectivity index (χ1n) is 10.2. The highest BCUT2D eigenvalue weighted by Crippen LogP contribution is 2.30. The molecule has 0 fully saturated rings. The summed E-state index contributed by atoms with van der Waals surface area (Å²) in [6.45, 7) is 3.54. The van der Waals surface area contributed by atoms with Gasteiger partial charge in [-0.05, 0) is 55.3 Å². The molecule has 3 aromatic rings. The fraction of sp³-hybridized carbons (Fsp3) is 0.250. The number of aromatic nitrogens is 1. The molecule has 0 spiro atoms. The minimum Gasteiger partial charge on any atom is -0.382 e. The quantitative estimate of drug-likeness (QED) is 0.278. The number of ketones is 1. The minimum atomic E-state index is -4.26. The van der Waals surface area contributed by atoms with E-state index in [2.05, 4.69) is 0 Å². The van der Waals surface area contributed by atoms with Crippen molar-refractivity contribution in [3.63, 3.8) is 0 Å². The second-order valence-electron chi connectivity index (χ2n) is 8.47. The first-order valence-corrected chi connectivity index (χ1v) is 13.7. The van der Waals surface area contributed by atoms with Crippen LogP contribution in [0.15, 0.2) is 59.1 Å². The molecule has 2 aromatic carbocycles. The van der Waals surface area contributed by atoms with Gasteiger partial charge in [-0.2, -0.15) is 5.26 Å². The second-order valence-corrected chi connectivity index (χ2v) is 12.4. The number of carbonyl (C=O) groups is 1. The van der Waals surface area contributed by atoms with Crippen molar-refractivity contribution in [1.29, 1.82) is 5.26 Å². The molecule has 0 atom stereocenters. The SMILES string of the molecule is Cc1ccc(S(=O)(=O)n2c(C(=O)C(C#N)=CN(C)C)cc3cc(C)c(CS(C)(=O)=O)cc32)cc1. The van der Waals surface area contributed by atoms with Crippen LogP contribution in [0.2, 0.25) is 0 Å². The Balaban J connectivity index is 2.41. The van der Waals surface area contributed by atoms with Crippen LogP contribution in [0, 0.1) is 25.2 Å². The molecule has 0 aliphatic heterocycles. The summed E-state index contributed by atoms with van der Waals surface area (Å²) in [4.78, 5) is 14.8. The van der Waals surface area contributed by atoms with E-state index in [1.54, 1.807) is 39.2 Å². The first-order chi connectivity index (χ1) is 15.7. The van der Waals surface area contributed by atoms with Gasteiger partial charge in [0.15, 0.2) is 9.84 Å². The summed E-state index contributed by atoms with van der Waals surface area (Å²) in [7, 11) is -4.37. The van der Waals surface area contributed by atoms with E-state index in [1.165, 1.54) is 35.4 Å². The number of fused-ring (bicyclic) bond motifs is 1. The van der Waals surface area contributed by atoms with E-state index in [4.69, 9.17) is 0 Å². The van der Waals surface area contributed by atoms with Gasteiger partial charge in [0.1, 0.15) is 17.3 Å². The normalized spacial score (nSPS) is 12.5. The monoisotopic (exact) mass is 499 g/mol. The highest BCUT2D eigenvalue weighted by Gasteiger charge is 2.29. The topological polar surface area (TPSA) is 117 Å². The van der Waals surface area contributed by atoms with Crippen molar-refractivity contribution in [2.24, 2.45) is 0 Å². The van der Waals surface area contributed by atoms with Crippen molar-refractivity contribution in [1.82, 2.24) is 8.87 Å². The van der Waals surface area contributed by atoms with Gasteiger partial charge in [-0.15, -0.1) is 0 Å². The van der Waals surface area contributed by atoms with Crippen LogP contribution in [0.5, 0.6) is 0 Å². The second kappa shape index (κ2) is 9.08. The number of Topliss-reactive ketones (excluding diaryl/α,β-unsaturated/α-hetero) is 1. The highest BCUT2D eigenvalue weighted by molar-refractivity contribution is 7.90. The lowest BCUT2D eigenvalue weighted by atomic mass is 10.1. The van der Waals surface area contributed by atoms with Gasteiger partial charge in [-0.1, -0.05) is 17.7 Å². The van der Waals surface area contributed by atoms with Gasteiger partial charge in [-0.3, -0.25) is 4.79 Å². The van der Waals surface area contributed by atoms with Crippen molar-refractivity contribution in [2.75, 3.05) is 20.4 Å². The number of aryl methyl sites for hydroxylation is 2. The number of carbonyl (C=O) groups excluding carboxylic acids is 1. The molecule has 0 amide bonds. The van der Waals surface area contributed by atoms with Crippen LogP contribution in [0.4, 0.5) is 0 Å². The maximum absolute atomic E-state index is 13.7. The summed E-state index contributed by atoms with van der Waals surface area (Å²) in [5.74, 6) is -1.04. The van der Waals surface area contributed by atoms with E-state index in [9.17, 15) is 26.9 Å². The molecular formula is C24H25N3O5S2. The summed E-state index contributed by atoms with van der Waals surface area (Å²) >= 11 is 0. The fourth-order valence-electron chi connectivity index (χ4n) is 3.59. The van der Waals surface area contributed by atoms with Gasteiger partial charge in [0.2, 0.25) is 5.78 Å². The number of sulfone groups is 1. The Kier molecular flexibility index (Phi) is 6.73. The number of benzene rings is 2. The molecule has 0 unspecified atom stereocenters. The highest BCUT2D eigenvalue weighted by atomic mass is 32.2. The molecule has 0 saturated carbocycles. The molecule has 1 aromatic heterocycles. The third-order valence-corrected chi connectivity index (χ3v) is 7.75. The van der Waals surface area contributed by atoms with E-state index in [0.29, 0.717) is 16.5 Å². The molecule has 8 nitrogen and oxygen atoms in total. The Morgan fingerprint density at radius 1 is 1.06 bits per heavy atom. The van der Waals surface area contributed by atoms with Crippen molar-refractivity contribution < 1.29 is 21.6 Å². The summed E-state index contributed by atoms with van der Waals surface area (Å²) in [6.07, 6.45) is 2.42. The average Bonchev–Trinajstić information content (AvgIpc) is 3.09. The fourth-order valence-corrected chi connectivity index (χ4v) is 5.97. The lowest BCUT2D eigenvalue weighted by Crippen LogP contribution is -2.20. The zero-order valence-corrected chi connectivity index (χ0v) is 21.2. The maximum Gasteiger partial charge on any atom is 0.268 e. The Morgan fingerprint density at radius 2 is 1.68 bits per heavy atom. The molecule has 0 aliphatic rings. The van der Waals surface area contributed by atoms with Gasteiger partial charge in [0, 0.05) is 31.9 Å². The van der Waals surface area contributed by atoms with Crippen molar-refractivity contribution >= 4 is 36.5 Å². The molecule has 0 saturated heterocycles. The Morgan fingerprint density at radius 3 is 2.21 bits per heavy atom. The van der Waals surface area contributed by atoms with Crippen LogP contribution in [-0.4, -0.2) is 51.8 Å². The number of hydrogen-bond acceptors (Lipinski definition) is 7. The predicted molar refractivity (Wildman–Crippen MR) is 131 cm³/mol. The molecule has 178 valence electrons. The predicted octanol–water partition coefficient (Wildman–Crippen LogP) is 3.19. The Hall–Kier alpha value is -3.42. The number of nitriles is 1. The number of hydrogen-bond donors (Lipinski definition) is 0. The lowest BCUT2D eigenvalue weighted by molar-refractivity contribution is 0.103. The molecule has 3 rings (SSSR count). The smallest absolute Gasteiger partial charge is 0.268 e. The van der Waals surface area contributed by atoms with Gasteiger partial charge in [0.25, 0.3) is 10.0 Å². The summed E-state index contributed by atoms with van der Waals surface area (Å²) in [5.41, 5.74) is 1.65. The minimum absolute atomic E-state index is 0.0371. The number of allylic oxidation sites excluding steroid dienone is 1. The third-order valence-electron chi connectivity index (χ3n) is 5.18. The Bertz CT molecular complexity index is 1570. The largest absolute Gasteiger partial charge is 0.382 e. The molecule has 0 radical (unpaired) electrons. The molecule has 0 aliphatic carbocycles. The van der Waals surface area contributed by atoms with E-state index >= 15 is 0 Å². The molecular weight excluding hydrogens is 474 g/mol. The van der Waals surface area contributed by atoms with Gasteiger partial charge in [0.05, 0.1) is 16.2 Å². The molecule has 1 heterocycles. The number of rotatable bonds is 7. The van der Waals surface area contributed by atoms with E-state index in [1.807, 2.05) is 13.0 Å². The van der Waals surface area contributed by atoms with E-state index < -0.39 is 25.6 Å². The van der Waals surface area contributed by atoms with Crippen LogP contribution < -0.4 is 0 Å². The van der Waals surface area contributed by atoms with Crippen molar-refractivity contribution in [3.05, 3.63) is 76.6 Å². The van der Waals surface area contributed by atoms with Crippen LogP contribution >= 0.6 is 0 Å². The maximum atomic E-state index is 13.7. The Labute approximate surface area is 199 Å². The first kappa shape index (κ1) is 25.2. The van der Waals surface area contributed by atoms with Gasteiger partial charge in [-0.25, -0.2) is 20.8 Å². The third kappa shape index (κ3) is 5.05. The van der Waals surface area contributed by atoms with Gasteiger partial charge < -0.3 is 4.90 Å². The van der Waals surface area contributed by atoms with E-state index in [-0.39, 0.29) is 27.4 Å². The molecule has 34 heavy (non-hydrogen) atoms. The van der Waals surface area contributed by atoms with Crippen LogP contribution in [0.3, 0.4) is 0 Å². The van der Waals surface area contributed by atoms with Crippen LogP contribution in [0.1, 0.15) is 27.2 Å². The summed E-state index contributed by atoms with van der Waals surface area (Å²) in [5, 5.41) is 9.99. The molecule has 0 bridgehead atoms. The van der Waals surface area contributed by atoms with Crippen molar-refractivity contribution in [3.8, 4) is 6.07 Å². The zero-order valence-electron chi connectivity index (χ0n) is 19.5. The van der Waals surface area contributed by atoms with Crippen LogP contribution in [-0.2, 0) is 25.6 Å². The van der Waals surface area contributed by atoms with E-state index in [0.717, 1.165) is 15.8 Å². The summed E-state index contributed by atoms with van der Waals surface area (Å²) < 4.78 is 52.3. The van der Waals surface area contributed by atoms with Crippen molar-refractivity contribution in [2.45, 2.75) is 24.5 Å².